The second-order valence-corrected chi connectivity index (χ2v) is 8.33. The summed E-state index contributed by atoms with van der Waals surface area (Å²) in [6, 6.07) is 2.97. The molecular weight excluding hydrogens is 440 g/mol. The summed E-state index contributed by atoms with van der Waals surface area (Å²) in [6.45, 7) is 5.35. The summed E-state index contributed by atoms with van der Waals surface area (Å²) in [5, 5.41) is 2.80. The van der Waals surface area contributed by atoms with Crippen LogP contribution in [0.15, 0.2) is 58.0 Å². The lowest BCUT2D eigenvalue weighted by atomic mass is 10.1. The Morgan fingerprint density at radius 1 is 1.18 bits per heavy atom. The number of Topliss-reactive ketones (excluding diaryl/α,β-unsaturated/α-hetero) is 1. The molecule has 3 heterocycles. The van der Waals surface area contributed by atoms with Crippen molar-refractivity contribution in [2.75, 3.05) is 7.11 Å². The zero-order valence-corrected chi connectivity index (χ0v) is 19.6. The highest BCUT2D eigenvalue weighted by atomic mass is 16.6. The Morgan fingerprint density at radius 2 is 2.00 bits per heavy atom. The van der Waals surface area contributed by atoms with Gasteiger partial charge in [-0.25, -0.2) is 19.7 Å². The van der Waals surface area contributed by atoms with Gasteiger partial charge in [-0.1, -0.05) is 12.2 Å². The molecule has 1 amide bonds. The molecule has 1 N–H and O–H groups in total. The van der Waals surface area contributed by atoms with Crippen molar-refractivity contribution in [3.8, 4) is 17.2 Å². The van der Waals surface area contributed by atoms with Gasteiger partial charge in [0.25, 0.3) is 5.89 Å². The fraction of sp³-hybridized carbons (Fsp3) is 0.375. The predicted octanol–water partition coefficient (Wildman–Crippen LogP) is 4.91. The summed E-state index contributed by atoms with van der Waals surface area (Å²) in [5.41, 5.74) is -0.0180. The first kappa shape index (κ1) is 24.7. The van der Waals surface area contributed by atoms with Crippen LogP contribution in [0.25, 0.3) is 11.3 Å². The standard InChI is InChI=1S/C24H28N4O6/c1-24(2,3)34-23(30)28-17(10-6-5-7-11-18(29)22-26-13-14-32-22)21-27-15-19(33-21)16-9-8-12-25-20(16)31-4/h5-6,8-9,12-15,17H,7,10-11H2,1-4H3,(H,28,30)/b6-5+/t17-/m0/s1. The van der Waals surface area contributed by atoms with Crippen LogP contribution in [0, 0.1) is 0 Å². The van der Waals surface area contributed by atoms with Gasteiger partial charge in [0.05, 0.1) is 25.1 Å². The second kappa shape index (κ2) is 11.3. The van der Waals surface area contributed by atoms with Gasteiger partial charge >= 0.3 is 6.09 Å². The fourth-order valence-electron chi connectivity index (χ4n) is 3.02. The lowest BCUT2D eigenvalue weighted by Crippen LogP contribution is -2.35. The molecule has 0 aliphatic carbocycles. The van der Waals surface area contributed by atoms with Crippen molar-refractivity contribution in [2.24, 2.45) is 0 Å². The average Bonchev–Trinajstić information content (AvgIpc) is 3.49. The molecule has 3 aromatic rings. The van der Waals surface area contributed by atoms with Crippen LogP contribution < -0.4 is 10.1 Å². The number of pyridine rings is 1. The zero-order chi connectivity index (χ0) is 24.6. The van der Waals surface area contributed by atoms with Gasteiger partial charge in [-0.15, -0.1) is 0 Å². The largest absolute Gasteiger partial charge is 0.480 e. The Balaban J connectivity index is 1.70. The van der Waals surface area contributed by atoms with Crippen molar-refractivity contribution in [1.29, 1.82) is 0 Å². The number of oxazole rings is 2. The topological polar surface area (TPSA) is 130 Å². The van der Waals surface area contributed by atoms with Gasteiger partial charge in [0.15, 0.2) is 5.76 Å². The first-order valence-corrected chi connectivity index (χ1v) is 10.8. The van der Waals surface area contributed by atoms with E-state index in [1.807, 2.05) is 12.2 Å². The van der Waals surface area contributed by atoms with E-state index in [4.69, 9.17) is 18.3 Å². The second-order valence-electron chi connectivity index (χ2n) is 8.33. The van der Waals surface area contributed by atoms with Crippen LogP contribution in [-0.4, -0.2) is 39.5 Å². The number of nitrogens with one attached hydrogen (secondary N) is 1. The molecular formula is C24H28N4O6. The van der Waals surface area contributed by atoms with Crippen molar-refractivity contribution in [2.45, 2.75) is 51.7 Å². The lowest BCUT2D eigenvalue weighted by molar-refractivity contribution is 0.0496. The number of amides is 1. The SMILES string of the molecule is COc1ncccc1-c1cnc([C@H](C/C=C/CCC(=O)c2ncco2)NC(=O)OC(C)(C)C)o1. The quantitative estimate of drug-likeness (QED) is 0.326. The Morgan fingerprint density at radius 3 is 2.71 bits per heavy atom. The molecule has 0 unspecified atom stereocenters. The summed E-state index contributed by atoms with van der Waals surface area (Å²) >= 11 is 0. The van der Waals surface area contributed by atoms with E-state index in [0.29, 0.717) is 35.9 Å². The average molecular weight is 469 g/mol. The number of aromatic nitrogens is 3. The number of ketones is 1. The van der Waals surface area contributed by atoms with Gasteiger partial charge < -0.3 is 23.6 Å². The number of nitrogens with zero attached hydrogens (tertiary/aromatic N) is 3. The Hall–Kier alpha value is -3.95. The maximum atomic E-state index is 12.4. The third-order valence-corrected chi connectivity index (χ3v) is 4.49. The van der Waals surface area contributed by atoms with Crippen LogP contribution in [-0.2, 0) is 4.74 Å². The molecule has 3 rings (SSSR count). The maximum absolute atomic E-state index is 12.4. The van der Waals surface area contributed by atoms with E-state index < -0.39 is 17.7 Å². The molecule has 0 fully saturated rings. The number of hydrogen-bond donors (Lipinski definition) is 1. The highest BCUT2D eigenvalue weighted by Gasteiger charge is 2.24. The van der Waals surface area contributed by atoms with Crippen LogP contribution >= 0.6 is 0 Å². The number of methoxy groups -OCH3 is 1. The van der Waals surface area contributed by atoms with Gasteiger partial charge in [0.2, 0.25) is 17.6 Å². The van der Waals surface area contributed by atoms with E-state index in [9.17, 15) is 9.59 Å². The van der Waals surface area contributed by atoms with E-state index >= 15 is 0 Å². The number of rotatable bonds is 10. The Kier molecular flexibility index (Phi) is 8.18. The summed E-state index contributed by atoms with van der Waals surface area (Å²) in [4.78, 5) is 36.8. The Bertz CT molecular complexity index is 1110. The molecule has 0 saturated heterocycles. The summed E-state index contributed by atoms with van der Waals surface area (Å²) < 4.78 is 21.6. The molecule has 3 aromatic heterocycles. The summed E-state index contributed by atoms with van der Waals surface area (Å²) in [6.07, 6.45) is 10.2. The first-order valence-electron chi connectivity index (χ1n) is 10.8. The van der Waals surface area contributed by atoms with Gasteiger partial charge in [-0.3, -0.25) is 4.79 Å². The van der Waals surface area contributed by atoms with E-state index in [2.05, 4.69) is 20.3 Å². The number of allylic oxidation sites excluding steroid dienone is 1. The molecule has 0 saturated carbocycles. The smallest absolute Gasteiger partial charge is 0.408 e. The molecule has 0 aliphatic rings. The van der Waals surface area contributed by atoms with Crippen LogP contribution in [0.2, 0.25) is 0 Å². The minimum atomic E-state index is -0.657. The summed E-state index contributed by atoms with van der Waals surface area (Å²) in [7, 11) is 1.52. The van der Waals surface area contributed by atoms with Gasteiger partial charge in [-0.2, -0.15) is 0 Å². The predicted molar refractivity (Wildman–Crippen MR) is 122 cm³/mol. The van der Waals surface area contributed by atoms with Crippen LogP contribution in [0.5, 0.6) is 5.88 Å². The number of hydrogen-bond acceptors (Lipinski definition) is 9. The van der Waals surface area contributed by atoms with E-state index in [1.165, 1.54) is 19.6 Å². The zero-order valence-electron chi connectivity index (χ0n) is 19.6. The van der Waals surface area contributed by atoms with Crippen molar-refractivity contribution in [1.82, 2.24) is 20.3 Å². The molecule has 0 bridgehead atoms. The molecule has 180 valence electrons. The molecule has 0 aromatic carbocycles. The third kappa shape index (κ3) is 7.03. The highest BCUT2D eigenvalue weighted by molar-refractivity contribution is 5.91. The van der Waals surface area contributed by atoms with Crippen LogP contribution in [0.1, 0.15) is 62.7 Å². The van der Waals surface area contributed by atoms with Gasteiger partial charge in [-0.05, 0) is 45.7 Å². The van der Waals surface area contributed by atoms with E-state index in [0.717, 1.165) is 0 Å². The van der Waals surface area contributed by atoms with Gasteiger partial charge in [0.1, 0.15) is 17.9 Å². The summed E-state index contributed by atoms with van der Waals surface area (Å²) in [5.74, 6) is 1.07. The van der Waals surface area contributed by atoms with Crippen molar-refractivity contribution in [3.63, 3.8) is 0 Å². The third-order valence-electron chi connectivity index (χ3n) is 4.49. The normalized spacial score (nSPS) is 12.5. The number of carbonyl (C=O) groups is 2. The minimum absolute atomic E-state index is 0.0935. The molecule has 10 heteroatoms. The lowest BCUT2D eigenvalue weighted by Gasteiger charge is -2.22. The molecule has 1 atom stereocenters. The molecule has 0 aliphatic heterocycles. The number of ether oxygens (including phenoxy) is 2. The van der Waals surface area contributed by atoms with Crippen molar-refractivity contribution in [3.05, 3.63) is 60.9 Å². The van der Waals surface area contributed by atoms with Gasteiger partial charge in [0, 0.05) is 12.6 Å². The van der Waals surface area contributed by atoms with Crippen molar-refractivity contribution >= 4 is 11.9 Å². The fourth-order valence-corrected chi connectivity index (χ4v) is 3.02. The monoisotopic (exact) mass is 468 g/mol. The maximum Gasteiger partial charge on any atom is 0.408 e. The highest BCUT2D eigenvalue weighted by Crippen LogP contribution is 2.30. The first-order chi connectivity index (χ1) is 16.3. The Labute approximate surface area is 197 Å². The van der Waals surface area contributed by atoms with Crippen LogP contribution in [0.4, 0.5) is 4.79 Å². The van der Waals surface area contributed by atoms with Crippen LogP contribution in [0.3, 0.4) is 0 Å². The molecule has 10 nitrogen and oxygen atoms in total. The molecule has 0 spiro atoms. The minimum Gasteiger partial charge on any atom is -0.480 e. The molecule has 0 radical (unpaired) electrons. The number of carbonyl (C=O) groups excluding carboxylic acids is 2. The molecule has 34 heavy (non-hydrogen) atoms. The van der Waals surface area contributed by atoms with E-state index in [-0.39, 0.29) is 18.1 Å². The number of alkyl carbamates (subject to hydrolysis) is 1. The van der Waals surface area contributed by atoms with Crippen molar-refractivity contribution < 1.29 is 27.9 Å². The van der Waals surface area contributed by atoms with E-state index in [1.54, 1.807) is 45.3 Å².